The molecular formula is C15H11BrFN3O2. The van der Waals surface area contributed by atoms with Crippen molar-refractivity contribution in [3.63, 3.8) is 0 Å². The summed E-state index contributed by atoms with van der Waals surface area (Å²) < 4.78 is 13.5. The van der Waals surface area contributed by atoms with Crippen LogP contribution in [0.5, 0.6) is 0 Å². The van der Waals surface area contributed by atoms with Crippen LogP contribution in [0.4, 0.5) is 15.8 Å². The van der Waals surface area contributed by atoms with Crippen LogP contribution in [0.3, 0.4) is 0 Å². The third-order valence-electron chi connectivity index (χ3n) is 3.05. The first-order chi connectivity index (χ1) is 10.5. The largest absolute Gasteiger partial charge is 0.384 e. The Morgan fingerprint density at radius 3 is 2.73 bits per heavy atom. The summed E-state index contributed by atoms with van der Waals surface area (Å²) in [7, 11) is 0. The minimum Gasteiger partial charge on any atom is -0.384 e. The van der Waals surface area contributed by atoms with Gasteiger partial charge in [-0.25, -0.2) is 4.39 Å². The molecule has 0 radical (unpaired) electrons. The predicted octanol–water partition coefficient (Wildman–Crippen LogP) is 4.02. The van der Waals surface area contributed by atoms with E-state index in [0.717, 1.165) is 5.56 Å². The normalized spacial score (nSPS) is 10.0. The van der Waals surface area contributed by atoms with Gasteiger partial charge in [0, 0.05) is 18.7 Å². The Labute approximate surface area is 134 Å². The molecule has 0 aromatic heterocycles. The molecule has 1 N–H and O–H groups in total. The van der Waals surface area contributed by atoms with Gasteiger partial charge in [0.15, 0.2) is 0 Å². The third-order valence-corrected chi connectivity index (χ3v) is 3.66. The number of nitro benzene ring substituents is 1. The smallest absolute Gasteiger partial charge is 0.270 e. The van der Waals surface area contributed by atoms with Crippen LogP contribution in [-0.4, -0.2) is 11.5 Å². The van der Waals surface area contributed by atoms with Gasteiger partial charge in [0.2, 0.25) is 0 Å². The second kappa shape index (κ2) is 7.00. The number of benzene rings is 2. The Balaban J connectivity index is 2.04. The van der Waals surface area contributed by atoms with Crippen molar-refractivity contribution < 1.29 is 9.31 Å². The van der Waals surface area contributed by atoms with Gasteiger partial charge >= 0.3 is 0 Å². The summed E-state index contributed by atoms with van der Waals surface area (Å²) in [5, 5.41) is 22.8. The summed E-state index contributed by atoms with van der Waals surface area (Å²) in [5.41, 5.74) is 1.56. The zero-order valence-electron chi connectivity index (χ0n) is 11.3. The van der Waals surface area contributed by atoms with E-state index in [4.69, 9.17) is 5.26 Å². The van der Waals surface area contributed by atoms with Gasteiger partial charge in [0.1, 0.15) is 11.9 Å². The molecule has 112 valence electrons. The predicted molar refractivity (Wildman–Crippen MR) is 84.1 cm³/mol. The summed E-state index contributed by atoms with van der Waals surface area (Å²) >= 11 is 3.12. The highest BCUT2D eigenvalue weighted by atomic mass is 79.9. The van der Waals surface area contributed by atoms with Crippen molar-refractivity contribution >= 4 is 27.3 Å². The number of anilines is 1. The molecule has 0 heterocycles. The first kappa shape index (κ1) is 15.9. The Morgan fingerprint density at radius 1 is 1.32 bits per heavy atom. The molecule has 0 saturated carbocycles. The zero-order valence-corrected chi connectivity index (χ0v) is 12.9. The van der Waals surface area contributed by atoms with E-state index in [-0.39, 0.29) is 17.1 Å². The van der Waals surface area contributed by atoms with E-state index >= 15 is 0 Å². The van der Waals surface area contributed by atoms with Crippen LogP contribution in [0.25, 0.3) is 0 Å². The van der Waals surface area contributed by atoms with Crippen LogP contribution >= 0.6 is 15.9 Å². The number of nitrogens with zero attached hydrogens (tertiary/aromatic N) is 2. The van der Waals surface area contributed by atoms with Crippen molar-refractivity contribution in [2.45, 2.75) is 6.42 Å². The molecule has 0 fully saturated rings. The van der Waals surface area contributed by atoms with Gasteiger partial charge in [-0.1, -0.05) is 6.07 Å². The van der Waals surface area contributed by atoms with Gasteiger partial charge in [-0.15, -0.1) is 0 Å². The molecule has 0 amide bonds. The van der Waals surface area contributed by atoms with Crippen molar-refractivity contribution in [1.29, 1.82) is 5.26 Å². The van der Waals surface area contributed by atoms with Gasteiger partial charge in [-0.3, -0.25) is 10.1 Å². The summed E-state index contributed by atoms with van der Waals surface area (Å²) in [4.78, 5) is 10.1. The van der Waals surface area contributed by atoms with Crippen LogP contribution in [0.15, 0.2) is 40.9 Å². The zero-order chi connectivity index (χ0) is 16.1. The summed E-state index contributed by atoms with van der Waals surface area (Å²) in [6.07, 6.45) is 0.626. The molecule has 0 atom stereocenters. The van der Waals surface area contributed by atoms with Crippen molar-refractivity contribution in [1.82, 2.24) is 0 Å². The summed E-state index contributed by atoms with van der Waals surface area (Å²) in [5.74, 6) is -0.321. The van der Waals surface area contributed by atoms with E-state index in [9.17, 15) is 14.5 Å². The lowest BCUT2D eigenvalue weighted by Crippen LogP contribution is -2.06. The molecule has 0 aliphatic carbocycles. The Hall–Kier alpha value is -2.46. The van der Waals surface area contributed by atoms with Crippen LogP contribution in [0.1, 0.15) is 11.1 Å². The van der Waals surface area contributed by atoms with Crippen LogP contribution in [0.2, 0.25) is 0 Å². The molecule has 0 saturated heterocycles. The number of nitriles is 1. The van der Waals surface area contributed by atoms with E-state index in [1.54, 1.807) is 12.1 Å². The lowest BCUT2D eigenvalue weighted by Gasteiger charge is -2.08. The highest BCUT2D eigenvalue weighted by Crippen LogP contribution is 2.22. The molecule has 2 aromatic carbocycles. The average molecular weight is 364 g/mol. The summed E-state index contributed by atoms with van der Waals surface area (Å²) in [6.45, 7) is 0.518. The number of nitro groups is 1. The van der Waals surface area contributed by atoms with Gasteiger partial charge in [-0.05, 0) is 46.1 Å². The second-order valence-electron chi connectivity index (χ2n) is 4.52. The second-order valence-corrected chi connectivity index (χ2v) is 5.38. The highest BCUT2D eigenvalue weighted by molar-refractivity contribution is 9.10. The maximum absolute atomic E-state index is 13.1. The van der Waals surface area contributed by atoms with E-state index in [1.165, 1.54) is 24.3 Å². The first-order valence-corrected chi connectivity index (χ1v) is 7.17. The summed E-state index contributed by atoms with van der Waals surface area (Å²) in [6, 6.07) is 10.8. The molecule has 7 heteroatoms. The Morgan fingerprint density at radius 2 is 2.09 bits per heavy atom. The molecule has 0 aliphatic heterocycles. The van der Waals surface area contributed by atoms with Gasteiger partial charge < -0.3 is 5.32 Å². The first-order valence-electron chi connectivity index (χ1n) is 6.37. The van der Waals surface area contributed by atoms with Crippen molar-refractivity contribution in [3.8, 4) is 6.07 Å². The number of non-ortho nitro benzene ring substituents is 1. The SMILES string of the molecule is N#Cc1cc([N+](=O)[O-])ccc1NCCc1ccc(F)c(Br)c1. The van der Waals surface area contributed by atoms with Gasteiger partial charge in [0.25, 0.3) is 5.69 Å². The van der Waals surface area contributed by atoms with E-state index < -0.39 is 4.92 Å². The van der Waals surface area contributed by atoms with Crippen LogP contribution < -0.4 is 5.32 Å². The Kier molecular flexibility index (Phi) is 5.07. The molecule has 0 unspecified atom stereocenters. The average Bonchev–Trinajstić information content (AvgIpc) is 2.50. The van der Waals surface area contributed by atoms with E-state index in [1.807, 2.05) is 6.07 Å². The molecule has 22 heavy (non-hydrogen) atoms. The molecule has 2 aromatic rings. The fourth-order valence-electron chi connectivity index (χ4n) is 1.93. The van der Waals surface area contributed by atoms with Crippen molar-refractivity contribution in [2.24, 2.45) is 0 Å². The van der Waals surface area contributed by atoms with Gasteiger partial charge in [0.05, 0.1) is 20.6 Å². The molecule has 5 nitrogen and oxygen atoms in total. The fraction of sp³-hybridized carbons (Fsp3) is 0.133. The minimum atomic E-state index is -0.541. The maximum Gasteiger partial charge on any atom is 0.270 e. The number of rotatable bonds is 5. The molecule has 0 bridgehead atoms. The van der Waals surface area contributed by atoms with Crippen LogP contribution in [0, 0.1) is 27.3 Å². The quantitative estimate of drug-likeness (QED) is 0.642. The number of nitrogens with one attached hydrogen (secondary N) is 1. The van der Waals surface area contributed by atoms with Crippen LogP contribution in [-0.2, 0) is 6.42 Å². The lowest BCUT2D eigenvalue weighted by molar-refractivity contribution is -0.384. The third kappa shape index (κ3) is 3.80. The number of hydrogen-bond donors (Lipinski definition) is 1. The standard InChI is InChI=1S/C15H11BrFN3O2/c16-13-7-10(1-3-14(13)17)5-6-19-15-4-2-12(20(21)22)8-11(15)9-18/h1-4,7-8,19H,5-6H2. The number of hydrogen-bond acceptors (Lipinski definition) is 4. The van der Waals surface area contributed by atoms with Crippen molar-refractivity contribution in [2.75, 3.05) is 11.9 Å². The molecule has 0 aliphatic rings. The van der Waals surface area contributed by atoms with E-state index in [2.05, 4.69) is 21.2 Å². The molecule has 0 spiro atoms. The lowest BCUT2D eigenvalue weighted by atomic mass is 10.1. The molecular weight excluding hydrogens is 353 g/mol. The fourth-order valence-corrected chi connectivity index (χ4v) is 2.36. The molecule has 2 rings (SSSR count). The monoisotopic (exact) mass is 363 g/mol. The maximum atomic E-state index is 13.1. The topological polar surface area (TPSA) is 79.0 Å². The highest BCUT2D eigenvalue weighted by Gasteiger charge is 2.10. The van der Waals surface area contributed by atoms with E-state index in [0.29, 0.717) is 23.1 Å². The minimum absolute atomic E-state index is 0.121. The Bertz CT molecular complexity index is 759. The van der Waals surface area contributed by atoms with Gasteiger partial charge in [-0.2, -0.15) is 5.26 Å². The van der Waals surface area contributed by atoms with Crippen molar-refractivity contribution in [3.05, 3.63) is 67.9 Å². The number of halogens is 2.